The number of halogens is 1. The maximum Gasteiger partial charge on any atom is 0.254 e. The number of hydrogen-bond acceptors (Lipinski definition) is 5. The van der Waals surface area contributed by atoms with Gasteiger partial charge >= 0.3 is 0 Å². The average Bonchev–Trinajstić information content (AvgIpc) is 3.07. The van der Waals surface area contributed by atoms with E-state index in [9.17, 15) is 9.18 Å². The van der Waals surface area contributed by atoms with Gasteiger partial charge in [-0.2, -0.15) is 8.75 Å². The van der Waals surface area contributed by atoms with Crippen LogP contribution in [0.4, 0.5) is 4.39 Å². The predicted octanol–water partition coefficient (Wildman–Crippen LogP) is 3.96. The van der Waals surface area contributed by atoms with Crippen LogP contribution in [0.25, 0.3) is 21.9 Å². The van der Waals surface area contributed by atoms with Crippen molar-refractivity contribution < 1.29 is 9.18 Å². The van der Waals surface area contributed by atoms with Crippen molar-refractivity contribution in [2.45, 2.75) is 13.5 Å². The molecule has 130 valence electrons. The molecular weight excluding hydrogens is 351 g/mol. The van der Waals surface area contributed by atoms with Crippen molar-refractivity contribution >= 4 is 39.6 Å². The third-order valence-electron chi connectivity index (χ3n) is 4.22. The predicted molar refractivity (Wildman–Crippen MR) is 99.7 cm³/mol. The topological polar surface area (TPSA) is 59.0 Å². The number of carbonyl (C=O) groups excluding carboxylic acids is 1. The molecule has 1 amide bonds. The van der Waals surface area contributed by atoms with Crippen molar-refractivity contribution in [2.24, 2.45) is 0 Å². The number of amides is 1. The molecule has 0 saturated heterocycles. The number of rotatable bonds is 3. The molecule has 2 aromatic heterocycles. The van der Waals surface area contributed by atoms with Gasteiger partial charge in [0.05, 0.1) is 22.8 Å². The van der Waals surface area contributed by atoms with Crippen LogP contribution in [-0.2, 0) is 6.54 Å². The smallest absolute Gasteiger partial charge is 0.254 e. The van der Waals surface area contributed by atoms with E-state index in [-0.39, 0.29) is 11.7 Å². The molecule has 4 aromatic rings. The summed E-state index contributed by atoms with van der Waals surface area (Å²) >= 11 is 1.17. The fourth-order valence-electron chi connectivity index (χ4n) is 2.99. The summed E-state index contributed by atoms with van der Waals surface area (Å²) in [7, 11) is 1.75. The van der Waals surface area contributed by atoms with E-state index in [4.69, 9.17) is 0 Å². The second-order valence-electron chi connectivity index (χ2n) is 6.22. The molecule has 0 unspecified atom stereocenters. The van der Waals surface area contributed by atoms with Crippen molar-refractivity contribution in [1.82, 2.24) is 18.6 Å². The molecule has 0 bridgehead atoms. The zero-order valence-corrected chi connectivity index (χ0v) is 15.0. The number of carbonyl (C=O) groups is 1. The lowest BCUT2D eigenvalue weighted by Gasteiger charge is -2.18. The molecule has 5 nitrogen and oxygen atoms in total. The SMILES string of the molecule is Cc1cc(C(=O)N(C)Cc2ccc3nsnc3c2)c2ccc(F)cc2n1. The Morgan fingerprint density at radius 1 is 1.08 bits per heavy atom. The molecule has 0 atom stereocenters. The van der Waals surface area contributed by atoms with E-state index in [2.05, 4.69) is 13.7 Å². The molecule has 2 aromatic carbocycles. The molecule has 0 saturated carbocycles. The summed E-state index contributed by atoms with van der Waals surface area (Å²) in [5.41, 5.74) is 4.33. The molecule has 2 heterocycles. The van der Waals surface area contributed by atoms with Crippen LogP contribution in [0.1, 0.15) is 21.6 Å². The van der Waals surface area contributed by atoms with Crippen LogP contribution >= 0.6 is 11.7 Å². The summed E-state index contributed by atoms with van der Waals surface area (Å²) in [6, 6.07) is 11.8. The minimum absolute atomic E-state index is 0.136. The minimum atomic E-state index is -0.368. The average molecular weight is 366 g/mol. The Morgan fingerprint density at radius 2 is 1.88 bits per heavy atom. The van der Waals surface area contributed by atoms with Crippen LogP contribution in [0.15, 0.2) is 42.5 Å². The molecule has 0 fully saturated rings. The number of benzene rings is 2. The largest absolute Gasteiger partial charge is 0.337 e. The van der Waals surface area contributed by atoms with E-state index in [0.717, 1.165) is 16.6 Å². The summed E-state index contributed by atoms with van der Waals surface area (Å²) < 4.78 is 21.9. The molecule has 0 aliphatic carbocycles. The third kappa shape index (κ3) is 3.01. The number of pyridine rings is 1. The molecule has 0 spiro atoms. The first-order valence-electron chi connectivity index (χ1n) is 8.05. The summed E-state index contributed by atoms with van der Waals surface area (Å²) in [4.78, 5) is 19.0. The highest BCUT2D eigenvalue weighted by Gasteiger charge is 2.17. The Morgan fingerprint density at radius 3 is 2.73 bits per heavy atom. The van der Waals surface area contributed by atoms with Gasteiger partial charge in [0.25, 0.3) is 5.91 Å². The van der Waals surface area contributed by atoms with Crippen molar-refractivity contribution in [2.75, 3.05) is 7.05 Å². The highest BCUT2D eigenvalue weighted by molar-refractivity contribution is 7.00. The maximum absolute atomic E-state index is 13.5. The molecule has 0 N–H and O–H groups in total. The van der Waals surface area contributed by atoms with Crippen molar-refractivity contribution in [1.29, 1.82) is 0 Å². The van der Waals surface area contributed by atoms with Gasteiger partial charge in [-0.25, -0.2) is 4.39 Å². The van der Waals surface area contributed by atoms with Crippen LogP contribution in [-0.4, -0.2) is 31.6 Å². The normalized spacial score (nSPS) is 11.2. The van der Waals surface area contributed by atoms with Gasteiger partial charge in [-0.3, -0.25) is 9.78 Å². The van der Waals surface area contributed by atoms with E-state index in [1.54, 1.807) is 31.0 Å². The number of aryl methyl sites for hydroxylation is 1. The van der Waals surface area contributed by atoms with Gasteiger partial charge < -0.3 is 4.90 Å². The molecule has 0 radical (unpaired) electrons. The van der Waals surface area contributed by atoms with Crippen LogP contribution in [0.5, 0.6) is 0 Å². The molecular formula is C19H15FN4OS. The fourth-order valence-corrected chi connectivity index (χ4v) is 3.51. The first-order chi connectivity index (χ1) is 12.5. The fraction of sp³-hybridized carbons (Fsp3) is 0.158. The van der Waals surface area contributed by atoms with Crippen LogP contribution in [0.2, 0.25) is 0 Å². The van der Waals surface area contributed by atoms with Crippen molar-refractivity contribution in [3.8, 4) is 0 Å². The van der Waals surface area contributed by atoms with E-state index >= 15 is 0 Å². The van der Waals surface area contributed by atoms with Gasteiger partial charge in [0.2, 0.25) is 0 Å². The first-order valence-corrected chi connectivity index (χ1v) is 8.78. The number of nitrogens with zero attached hydrogens (tertiary/aromatic N) is 4. The highest BCUT2D eigenvalue weighted by Crippen LogP contribution is 2.22. The lowest BCUT2D eigenvalue weighted by Crippen LogP contribution is -2.26. The second kappa shape index (κ2) is 6.42. The molecule has 0 aliphatic rings. The standard InChI is InChI=1S/C19H15FN4OS/c1-11-7-15(14-5-4-13(20)9-17(14)21-11)19(25)24(2)10-12-3-6-16-18(8-12)23-26-22-16/h3-9H,10H2,1-2H3. The summed E-state index contributed by atoms with van der Waals surface area (Å²) in [6.45, 7) is 2.24. The number of fused-ring (bicyclic) bond motifs is 2. The zero-order valence-electron chi connectivity index (χ0n) is 14.2. The first kappa shape index (κ1) is 16.5. The van der Waals surface area contributed by atoms with E-state index < -0.39 is 0 Å². The van der Waals surface area contributed by atoms with Crippen LogP contribution in [0, 0.1) is 12.7 Å². The molecule has 0 aliphatic heterocycles. The van der Waals surface area contributed by atoms with Gasteiger partial charge in [0, 0.05) is 30.7 Å². The second-order valence-corrected chi connectivity index (χ2v) is 6.75. The van der Waals surface area contributed by atoms with Gasteiger partial charge in [0.1, 0.15) is 16.9 Å². The van der Waals surface area contributed by atoms with Gasteiger partial charge in [-0.05, 0) is 42.8 Å². The Labute approximate surface area is 153 Å². The molecule has 26 heavy (non-hydrogen) atoms. The molecule has 7 heteroatoms. The maximum atomic E-state index is 13.5. The Hall–Kier alpha value is -2.93. The quantitative estimate of drug-likeness (QED) is 0.551. The summed E-state index contributed by atoms with van der Waals surface area (Å²) in [6.07, 6.45) is 0. The van der Waals surface area contributed by atoms with Crippen molar-refractivity contribution in [3.63, 3.8) is 0 Å². The van der Waals surface area contributed by atoms with Gasteiger partial charge in [-0.1, -0.05) is 6.07 Å². The van der Waals surface area contributed by atoms with Crippen LogP contribution in [0.3, 0.4) is 0 Å². The lowest BCUT2D eigenvalue weighted by atomic mass is 10.1. The van der Waals surface area contributed by atoms with E-state index in [1.165, 1.54) is 23.9 Å². The third-order valence-corrected chi connectivity index (χ3v) is 4.77. The number of aromatic nitrogens is 3. The van der Waals surface area contributed by atoms with E-state index in [1.807, 2.05) is 18.2 Å². The monoisotopic (exact) mass is 366 g/mol. The zero-order chi connectivity index (χ0) is 18.3. The lowest BCUT2D eigenvalue weighted by molar-refractivity contribution is 0.0787. The highest BCUT2D eigenvalue weighted by atomic mass is 32.1. The Kier molecular flexibility index (Phi) is 4.08. The summed E-state index contributed by atoms with van der Waals surface area (Å²) in [5.74, 6) is -0.504. The Balaban J connectivity index is 1.67. The van der Waals surface area contributed by atoms with Gasteiger partial charge in [-0.15, -0.1) is 0 Å². The van der Waals surface area contributed by atoms with Crippen molar-refractivity contribution in [3.05, 3.63) is 65.1 Å². The van der Waals surface area contributed by atoms with Crippen LogP contribution < -0.4 is 0 Å². The minimum Gasteiger partial charge on any atom is -0.337 e. The Bertz CT molecular complexity index is 1140. The van der Waals surface area contributed by atoms with E-state index in [0.29, 0.717) is 28.7 Å². The summed E-state index contributed by atoms with van der Waals surface area (Å²) in [5, 5.41) is 0.646. The molecule has 4 rings (SSSR count). The van der Waals surface area contributed by atoms with Gasteiger partial charge in [0.15, 0.2) is 0 Å². The number of hydrogen-bond donors (Lipinski definition) is 0.